The van der Waals surface area contributed by atoms with Crippen molar-refractivity contribution in [3.05, 3.63) is 64.8 Å². The summed E-state index contributed by atoms with van der Waals surface area (Å²) < 4.78 is 38.7. The van der Waals surface area contributed by atoms with Crippen LogP contribution in [0.1, 0.15) is 40.6 Å². The first-order valence-electron chi connectivity index (χ1n) is 8.40. The first kappa shape index (κ1) is 19.8. The van der Waals surface area contributed by atoms with Gasteiger partial charge in [-0.05, 0) is 36.2 Å². The number of hydrogen-bond acceptors (Lipinski definition) is 5. The molecule has 2 N–H and O–H groups in total. The van der Waals surface area contributed by atoms with Crippen molar-refractivity contribution in [2.75, 3.05) is 10.6 Å². The van der Waals surface area contributed by atoms with Crippen molar-refractivity contribution < 1.29 is 18.0 Å². The fraction of sp³-hybridized carbons (Fsp3) is 0.211. The van der Waals surface area contributed by atoms with Gasteiger partial charge in [-0.25, -0.2) is 9.97 Å². The molecule has 0 radical (unpaired) electrons. The Morgan fingerprint density at radius 3 is 2.61 bits per heavy atom. The second-order valence-corrected chi connectivity index (χ2v) is 7.34. The third-order valence-corrected chi connectivity index (χ3v) is 5.03. The number of nitrogens with zero attached hydrogens (tertiary/aromatic N) is 2. The van der Waals surface area contributed by atoms with E-state index in [4.69, 9.17) is 0 Å². The molecule has 1 amide bonds. The summed E-state index contributed by atoms with van der Waals surface area (Å²) >= 11 is 1.37. The van der Waals surface area contributed by atoms with Gasteiger partial charge >= 0.3 is 6.18 Å². The number of benzene rings is 1. The maximum atomic E-state index is 12.9. The van der Waals surface area contributed by atoms with Crippen molar-refractivity contribution in [1.82, 2.24) is 9.97 Å². The number of carbonyl (C=O) groups excluding carboxylic acids is 1. The standard InChI is InChI=1S/C19H17F3N4OS/c1-11(2)15-10-24-18(28-15)26-17(27)14-7-4-8-23-16(14)25-13-6-3-5-12(9-13)19(20,21)22/h3-11H,1-2H3,(H,23,25)(H,24,26,27). The molecule has 0 bridgehead atoms. The van der Waals surface area contributed by atoms with Gasteiger partial charge in [0.05, 0.1) is 11.1 Å². The van der Waals surface area contributed by atoms with Crippen LogP contribution in [0.25, 0.3) is 0 Å². The Kier molecular flexibility index (Phi) is 5.64. The smallest absolute Gasteiger partial charge is 0.340 e. The van der Waals surface area contributed by atoms with E-state index in [1.165, 1.54) is 35.7 Å². The molecule has 3 aromatic rings. The van der Waals surface area contributed by atoms with Gasteiger partial charge in [-0.3, -0.25) is 10.1 Å². The Balaban J connectivity index is 1.82. The summed E-state index contributed by atoms with van der Waals surface area (Å²) in [6.45, 7) is 4.05. The van der Waals surface area contributed by atoms with E-state index in [1.807, 2.05) is 13.8 Å². The first-order valence-corrected chi connectivity index (χ1v) is 9.22. The number of pyridine rings is 1. The van der Waals surface area contributed by atoms with Crippen LogP contribution in [0.3, 0.4) is 0 Å². The Labute approximate surface area is 163 Å². The lowest BCUT2D eigenvalue weighted by atomic mass is 10.2. The molecule has 0 aliphatic heterocycles. The summed E-state index contributed by atoms with van der Waals surface area (Å²) in [7, 11) is 0. The van der Waals surface area contributed by atoms with Crippen molar-refractivity contribution in [3.8, 4) is 0 Å². The molecule has 0 aliphatic rings. The number of aromatic nitrogens is 2. The number of anilines is 3. The topological polar surface area (TPSA) is 66.9 Å². The van der Waals surface area contributed by atoms with E-state index in [2.05, 4.69) is 20.6 Å². The number of rotatable bonds is 5. The van der Waals surface area contributed by atoms with E-state index in [1.54, 1.807) is 12.3 Å². The van der Waals surface area contributed by atoms with Crippen LogP contribution in [-0.4, -0.2) is 15.9 Å². The fourth-order valence-corrected chi connectivity index (χ4v) is 3.19. The summed E-state index contributed by atoms with van der Waals surface area (Å²) in [5.74, 6) is -0.00752. The predicted molar refractivity (Wildman–Crippen MR) is 103 cm³/mol. The van der Waals surface area contributed by atoms with E-state index < -0.39 is 17.6 Å². The number of carbonyl (C=O) groups is 1. The highest BCUT2D eigenvalue weighted by atomic mass is 32.1. The molecular weight excluding hydrogens is 389 g/mol. The van der Waals surface area contributed by atoms with Gasteiger partial charge < -0.3 is 5.32 Å². The summed E-state index contributed by atoms with van der Waals surface area (Å²) in [6.07, 6.45) is -1.30. The number of halogens is 3. The molecule has 146 valence electrons. The molecule has 0 atom stereocenters. The quantitative estimate of drug-likeness (QED) is 0.572. The average molecular weight is 406 g/mol. The zero-order valence-corrected chi connectivity index (χ0v) is 15.9. The number of alkyl halides is 3. The van der Waals surface area contributed by atoms with Crippen LogP contribution in [0.4, 0.5) is 29.8 Å². The Morgan fingerprint density at radius 1 is 1.14 bits per heavy atom. The molecule has 0 unspecified atom stereocenters. The molecule has 2 aromatic heterocycles. The lowest BCUT2D eigenvalue weighted by molar-refractivity contribution is -0.137. The molecule has 9 heteroatoms. The molecule has 2 heterocycles. The van der Waals surface area contributed by atoms with E-state index in [0.29, 0.717) is 11.0 Å². The monoisotopic (exact) mass is 406 g/mol. The number of thiazole rings is 1. The molecule has 3 rings (SSSR count). The summed E-state index contributed by atoms with van der Waals surface area (Å²) in [5, 5.41) is 5.94. The number of nitrogens with one attached hydrogen (secondary N) is 2. The highest BCUT2D eigenvalue weighted by Gasteiger charge is 2.30. The first-order chi connectivity index (χ1) is 13.2. The van der Waals surface area contributed by atoms with Crippen molar-refractivity contribution in [2.24, 2.45) is 0 Å². The highest BCUT2D eigenvalue weighted by molar-refractivity contribution is 7.15. The van der Waals surface area contributed by atoms with Crippen LogP contribution in [0, 0.1) is 0 Å². The minimum Gasteiger partial charge on any atom is -0.340 e. The van der Waals surface area contributed by atoms with Gasteiger partial charge in [0.2, 0.25) is 0 Å². The molecule has 5 nitrogen and oxygen atoms in total. The number of hydrogen-bond donors (Lipinski definition) is 2. The van der Waals surface area contributed by atoms with Gasteiger partial charge in [0.15, 0.2) is 5.13 Å². The van der Waals surface area contributed by atoms with Gasteiger partial charge in [-0.15, -0.1) is 11.3 Å². The fourth-order valence-electron chi connectivity index (χ4n) is 2.37. The Morgan fingerprint density at radius 2 is 1.93 bits per heavy atom. The largest absolute Gasteiger partial charge is 0.416 e. The molecule has 0 spiro atoms. The van der Waals surface area contributed by atoms with E-state index in [9.17, 15) is 18.0 Å². The minimum atomic E-state index is -4.46. The van der Waals surface area contributed by atoms with Crippen molar-refractivity contribution >= 4 is 33.9 Å². The molecule has 0 aliphatic carbocycles. The van der Waals surface area contributed by atoms with Gasteiger partial charge in [-0.2, -0.15) is 13.2 Å². The summed E-state index contributed by atoms with van der Waals surface area (Å²) in [6, 6.07) is 7.82. The lowest BCUT2D eigenvalue weighted by Crippen LogP contribution is -2.14. The maximum absolute atomic E-state index is 12.9. The van der Waals surface area contributed by atoms with Crippen molar-refractivity contribution in [3.63, 3.8) is 0 Å². The third-order valence-electron chi connectivity index (χ3n) is 3.82. The second kappa shape index (κ2) is 7.97. The highest BCUT2D eigenvalue weighted by Crippen LogP contribution is 2.32. The third kappa shape index (κ3) is 4.66. The van der Waals surface area contributed by atoms with Crippen LogP contribution >= 0.6 is 11.3 Å². The molecule has 1 aromatic carbocycles. The molecule has 28 heavy (non-hydrogen) atoms. The van der Waals surface area contributed by atoms with Crippen LogP contribution < -0.4 is 10.6 Å². The van der Waals surface area contributed by atoms with Crippen LogP contribution in [0.15, 0.2) is 48.8 Å². The van der Waals surface area contributed by atoms with Gasteiger partial charge in [0.1, 0.15) is 5.82 Å². The summed E-state index contributed by atoms with van der Waals surface area (Å²) in [4.78, 5) is 21.9. The molecule has 0 saturated heterocycles. The van der Waals surface area contributed by atoms with E-state index >= 15 is 0 Å². The van der Waals surface area contributed by atoms with Gasteiger partial charge in [0, 0.05) is 23.0 Å². The normalized spacial score (nSPS) is 11.5. The maximum Gasteiger partial charge on any atom is 0.416 e. The zero-order chi connectivity index (χ0) is 20.3. The van der Waals surface area contributed by atoms with Gasteiger partial charge in [0.25, 0.3) is 5.91 Å². The number of amides is 1. The van der Waals surface area contributed by atoms with Crippen LogP contribution in [-0.2, 0) is 6.18 Å². The average Bonchev–Trinajstić information content (AvgIpc) is 3.10. The second-order valence-electron chi connectivity index (χ2n) is 6.28. The molecule has 0 fully saturated rings. The lowest BCUT2D eigenvalue weighted by Gasteiger charge is -2.12. The van der Waals surface area contributed by atoms with Gasteiger partial charge in [-0.1, -0.05) is 19.9 Å². The van der Waals surface area contributed by atoms with E-state index in [0.717, 1.165) is 17.0 Å². The van der Waals surface area contributed by atoms with E-state index in [-0.39, 0.29) is 17.1 Å². The van der Waals surface area contributed by atoms with Crippen LogP contribution in [0.5, 0.6) is 0 Å². The predicted octanol–water partition coefficient (Wildman–Crippen LogP) is 5.68. The molecular formula is C19H17F3N4OS. The Bertz CT molecular complexity index is 985. The summed E-state index contributed by atoms with van der Waals surface area (Å²) in [5.41, 5.74) is -0.413. The van der Waals surface area contributed by atoms with Crippen LogP contribution in [0.2, 0.25) is 0 Å². The SMILES string of the molecule is CC(C)c1cnc(NC(=O)c2cccnc2Nc2cccc(C(F)(F)F)c2)s1. The molecule has 0 saturated carbocycles. The minimum absolute atomic E-state index is 0.153. The Hall–Kier alpha value is -2.94. The zero-order valence-electron chi connectivity index (χ0n) is 15.0. The van der Waals surface area contributed by atoms with Crippen molar-refractivity contribution in [1.29, 1.82) is 0 Å². The van der Waals surface area contributed by atoms with Crippen molar-refractivity contribution in [2.45, 2.75) is 25.9 Å².